The van der Waals surface area contributed by atoms with Crippen LogP contribution < -0.4 is 20.9 Å². The van der Waals surface area contributed by atoms with Crippen LogP contribution in [0.2, 0.25) is 0 Å². The second kappa shape index (κ2) is 6.47. The Morgan fingerprint density at radius 2 is 1.90 bits per heavy atom. The van der Waals surface area contributed by atoms with E-state index in [2.05, 4.69) is 20.9 Å². The largest absolute Gasteiger partial charge is 0.435 e. The van der Waals surface area contributed by atoms with Gasteiger partial charge in [0, 0.05) is 11.6 Å². The second-order valence-corrected chi connectivity index (χ2v) is 4.64. The smallest absolute Gasteiger partial charge is 0.387 e. The Morgan fingerprint density at radius 1 is 1.25 bits per heavy atom. The van der Waals surface area contributed by atoms with Crippen LogP contribution >= 0.6 is 12.2 Å². The molecule has 0 atom stereocenters. The molecule has 2 rings (SSSR count). The van der Waals surface area contributed by atoms with Crippen LogP contribution in [0, 0.1) is 0 Å². The first-order valence-corrected chi connectivity index (χ1v) is 6.37. The number of rotatable bonds is 4. The number of hydrazine groups is 1. The van der Waals surface area contributed by atoms with E-state index >= 15 is 0 Å². The standard InChI is InChI=1S/C12H13F2N3O2S/c13-11(14)19-9-5-1-7(2-6-9)10(18)16-17-12(20)15-8-3-4-8/h1-2,5-6,8,11H,3-4H2,(H,16,18)(H2,15,17,20). The molecule has 1 aliphatic carbocycles. The molecule has 0 saturated heterocycles. The van der Waals surface area contributed by atoms with Gasteiger partial charge >= 0.3 is 6.61 Å². The molecule has 108 valence electrons. The molecule has 1 aromatic rings. The molecule has 5 nitrogen and oxygen atoms in total. The maximum atomic E-state index is 12.0. The number of thiocarbonyl (C=S) groups is 1. The molecule has 1 aromatic carbocycles. The molecule has 0 radical (unpaired) electrons. The van der Waals surface area contributed by atoms with E-state index in [-0.39, 0.29) is 5.75 Å². The van der Waals surface area contributed by atoms with Crippen molar-refractivity contribution in [2.75, 3.05) is 0 Å². The lowest BCUT2D eigenvalue weighted by molar-refractivity contribution is -0.0498. The molecule has 1 fully saturated rings. The molecule has 20 heavy (non-hydrogen) atoms. The van der Waals surface area contributed by atoms with Gasteiger partial charge in [-0.05, 0) is 49.3 Å². The van der Waals surface area contributed by atoms with Crippen molar-refractivity contribution in [2.24, 2.45) is 0 Å². The average Bonchev–Trinajstić information content (AvgIpc) is 3.20. The quantitative estimate of drug-likeness (QED) is 0.582. The number of nitrogens with one attached hydrogen (secondary N) is 3. The van der Waals surface area contributed by atoms with Gasteiger partial charge in [0.15, 0.2) is 5.11 Å². The van der Waals surface area contributed by atoms with Crippen molar-refractivity contribution in [3.05, 3.63) is 29.8 Å². The van der Waals surface area contributed by atoms with Crippen LogP contribution in [0.1, 0.15) is 23.2 Å². The number of ether oxygens (including phenoxy) is 1. The fraction of sp³-hybridized carbons (Fsp3) is 0.333. The van der Waals surface area contributed by atoms with E-state index in [1.54, 1.807) is 0 Å². The van der Waals surface area contributed by atoms with Crippen LogP contribution in [0.5, 0.6) is 5.75 Å². The van der Waals surface area contributed by atoms with Gasteiger partial charge in [0.05, 0.1) is 0 Å². The first kappa shape index (κ1) is 14.4. The van der Waals surface area contributed by atoms with Crippen LogP contribution in [0.4, 0.5) is 8.78 Å². The van der Waals surface area contributed by atoms with Gasteiger partial charge in [-0.25, -0.2) is 0 Å². The van der Waals surface area contributed by atoms with Gasteiger partial charge in [-0.15, -0.1) is 0 Å². The fourth-order valence-corrected chi connectivity index (χ4v) is 1.64. The van der Waals surface area contributed by atoms with Gasteiger partial charge in [-0.2, -0.15) is 8.78 Å². The Kier molecular flexibility index (Phi) is 4.67. The van der Waals surface area contributed by atoms with Gasteiger partial charge < -0.3 is 10.1 Å². The lowest BCUT2D eigenvalue weighted by Gasteiger charge is -2.11. The summed E-state index contributed by atoms with van der Waals surface area (Å²) in [6.45, 7) is -2.89. The molecule has 3 N–H and O–H groups in total. The Morgan fingerprint density at radius 3 is 2.45 bits per heavy atom. The number of carbonyl (C=O) groups is 1. The SMILES string of the molecule is O=C(NNC(=S)NC1CC1)c1ccc(OC(F)F)cc1. The minimum Gasteiger partial charge on any atom is -0.435 e. The van der Waals surface area contributed by atoms with Crippen molar-refractivity contribution >= 4 is 23.2 Å². The third kappa shape index (κ3) is 4.61. The summed E-state index contributed by atoms with van der Waals surface area (Å²) >= 11 is 4.97. The third-order valence-corrected chi connectivity index (χ3v) is 2.76. The minimum absolute atomic E-state index is 0.00423. The highest BCUT2D eigenvalue weighted by Crippen LogP contribution is 2.18. The summed E-state index contributed by atoms with van der Waals surface area (Å²) in [7, 11) is 0. The van der Waals surface area contributed by atoms with Crippen LogP contribution in [-0.4, -0.2) is 23.7 Å². The molecule has 8 heteroatoms. The highest BCUT2D eigenvalue weighted by Gasteiger charge is 2.21. The van der Waals surface area contributed by atoms with E-state index in [1.807, 2.05) is 0 Å². The number of hydrogen-bond donors (Lipinski definition) is 3. The number of carbonyl (C=O) groups excluding carboxylic acids is 1. The molecule has 0 heterocycles. The first-order chi connectivity index (χ1) is 9.54. The summed E-state index contributed by atoms with van der Waals surface area (Å²) in [5.41, 5.74) is 5.28. The molecule has 0 spiro atoms. The topological polar surface area (TPSA) is 62.4 Å². The molecular weight excluding hydrogens is 288 g/mol. The van der Waals surface area contributed by atoms with Crippen LogP contribution in [-0.2, 0) is 0 Å². The van der Waals surface area contributed by atoms with E-state index < -0.39 is 12.5 Å². The number of hydrogen-bond acceptors (Lipinski definition) is 3. The monoisotopic (exact) mass is 301 g/mol. The van der Waals surface area contributed by atoms with Crippen LogP contribution in [0.25, 0.3) is 0 Å². The van der Waals surface area contributed by atoms with Gasteiger partial charge in [0.25, 0.3) is 5.91 Å². The molecule has 1 amide bonds. The van der Waals surface area contributed by atoms with E-state index in [0.29, 0.717) is 16.7 Å². The molecule has 0 bridgehead atoms. The van der Waals surface area contributed by atoms with Crippen molar-refractivity contribution in [1.29, 1.82) is 0 Å². The van der Waals surface area contributed by atoms with Crippen LogP contribution in [0.15, 0.2) is 24.3 Å². The van der Waals surface area contributed by atoms with E-state index in [9.17, 15) is 13.6 Å². The lowest BCUT2D eigenvalue weighted by atomic mass is 10.2. The van der Waals surface area contributed by atoms with E-state index in [1.165, 1.54) is 24.3 Å². The van der Waals surface area contributed by atoms with E-state index in [0.717, 1.165) is 12.8 Å². The predicted octanol–water partition coefficient (Wildman–Crippen LogP) is 1.56. The first-order valence-electron chi connectivity index (χ1n) is 5.96. The zero-order valence-corrected chi connectivity index (χ0v) is 11.2. The summed E-state index contributed by atoms with van der Waals surface area (Å²) in [4.78, 5) is 11.7. The predicted molar refractivity (Wildman–Crippen MR) is 72.4 cm³/mol. The van der Waals surface area contributed by atoms with Crippen LogP contribution in [0.3, 0.4) is 0 Å². The van der Waals surface area contributed by atoms with Gasteiger partial charge in [-0.1, -0.05) is 0 Å². The summed E-state index contributed by atoms with van der Waals surface area (Å²) < 4.78 is 28.1. The molecule has 0 aromatic heterocycles. The highest BCUT2D eigenvalue weighted by atomic mass is 32.1. The molecule has 1 aliphatic rings. The Bertz CT molecular complexity index is 492. The summed E-state index contributed by atoms with van der Waals surface area (Å²) in [5.74, 6) is -0.427. The summed E-state index contributed by atoms with van der Waals surface area (Å²) in [6, 6.07) is 5.74. The van der Waals surface area contributed by atoms with Gasteiger partial charge in [0.2, 0.25) is 0 Å². The number of amides is 1. The number of alkyl halides is 2. The molecule has 0 unspecified atom stereocenters. The molecular formula is C12H13F2N3O2S. The average molecular weight is 301 g/mol. The maximum Gasteiger partial charge on any atom is 0.387 e. The fourth-order valence-electron chi connectivity index (χ4n) is 1.42. The maximum absolute atomic E-state index is 12.0. The van der Waals surface area contributed by atoms with Crippen molar-refractivity contribution in [1.82, 2.24) is 16.2 Å². The Balaban J connectivity index is 1.80. The Hall–Kier alpha value is -1.96. The normalized spacial score (nSPS) is 13.8. The summed E-state index contributed by atoms with van der Waals surface area (Å²) in [6.07, 6.45) is 2.14. The number of halogens is 2. The van der Waals surface area contributed by atoms with Crippen molar-refractivity contribution < 1.29 is 18.3 Å². The zero-order valence-electron chi connectivity index (χ0n) is 10.4. The van der Waals surface area contributed by atoms with Gasteiger partial charge in [-0.3, -0.25) is 15.6 Å². The second-order valence-electron chi connectivity index (χ2n) is 4.23. The zero-order chi connectivity index (χ0) is 14.5. The molecule has 1 saturated carbocycles. The summed E-state index contributed by atoms with van der Waals surface area (Å²) in [5, 5.41) is 3.34. The Labute approximate surface area is 119 Å². The van der Waals surface area contributed by atoms with Crippen molar-refractivity contribution in [3.8, 4) is 5.75 Å². The van der Waals surface area contributed by atoms with E-state index in [4.69, 9.17) is 12.2 Å². The lowest BCUT2D eigenvalue weighted by Crippen LogP contribution is -2.47. The number of benzene rings is 1. The van der Waals surface area contributed by atoms with Gasteiger partial charge in [0.1, 0.15) is 5.75 Å². The van der Waals surface area contributed by atoms with Crippen molar-refractivity contribution in [3.63, 3.8) is 0 Å². The third-order valence-electron chi connectivity index (χ3n) is 2.54. The molecule has 0 aliphatic heterocycles. The highest BCUT2D eigenvalue weighted by molar-refractivity contribution is 7.80. The van der Waals surface area contributed by atoms with Crippen molar-refractivity contribution in [2.45, 2.75) is 25.5 Å². The minimum atomic E-state index is -2.89.